The van der Waals surface area contributed by atoms with Gasteiger partial charge in [-0.15, -0.1) is 0 Å². The Balaban J connectivity index is 1.14. The van der Waals surface area contributed by atoms with E-state index in [2.05, 4.69) is 30.1 Å². The number of alkyl halides is 3. The van der Waals surface area contributed by atoms with Crippen molar-refractivity contribution in [3.63, 3.8) is 0 Å². The fraction of sp³-hybridized carbons (Fsp3) is 0.333. The van der Waals surface area contributed by atoms with Gasteiger partial charge in [0.2, 0.25) is 23.4 Å². The average Bonchev–Trinajstić information content (AvgIpc) is 3.57. The van der Waals surface area contributed by atoms with Gasteiger partial charge in [-0.3, -0.25) is 9.80 Å². The molecule has 0 amide bonds. The molecule has 1 aliphatic rings. The quantitative estimate of drug-likeness (QED) is 0.426. The van der Waals surface area contributed by atoms with E-state index in [-0.39, 0.29) is 11.4 Å². The summed E-state index contributed by atoms with van der Waals surface area (Å²) >= 11 is 0. The van der Waals surface area contributed by atoms with Crippen LogP contribution in [0.15, 0.2) is 56.1 Å². The standard InChI is InChI=1S/C21H19F3N6O3/c22-21(23,24)15-4-1-3-14(11-15)19-25-17(32-27-19)12-29-6-8-30(9-7-29)13-18-26-20(28-33-18)16-5-2-10-31-16/h1-5,10-11H,6-9,12-13H2. The molecular weight excluding hydrogens is 441 g/mol. The van der Waals surface area contributed by atoms with Crippen molar-refractivity contribution in [3.05, 3.63) is 60.0 Å². The molecule has 1 aromatic carbocycles. The second kappa shape index (κ2) is 8.79. The summed E-state index contributed by atoms with van der Waals surface area (Å²) in [6, 6.07) is 8.41. The van der Waals surface area contributed by atoms with Crippen LogP contribution in [0.4, 0.5) is 13.2 Å². The van der Waals surface area contributed by atoms with E-state index in [1.54, 1.807) is 18.4 Å². The second-order valence-electron chi connectivity index (χ2n) is 7.63. The molecule has 1 fully saturated rings. The van der Waals surface area contributed by atoms with Crippen molar-refractivity contribution in [2.24, 2.45) is 0 Å². The largest absolute Gasteiger partial charge is 0.461 e. The Morgan fingerprint density at radius 2 is 1.45 bits per heavy atom. The van der Waals surface area contributed by atoms with Crippen LogP contribution in [-0.2, 0) is 19.3 Å². The molecule has 12 heteroatoms. The van der Waals surface area contributed by atoms with Gasteiger partial charge in [-0.05, 0) is 24.3 Å². The first kappa shape index (κ1) is 21.3. The van der Waals surface area contributed by atoms with Gasteiger partial charge in [0.25, 0.3) is 0 Å². The maximum absolute atomic E-state index is 12.9. The number of hydrogen-bond acceptors (Lipinski definition) is 9. The highest BCUT2D eigenvalue weighted by Gasteiger charge is 2.31. The van der Waals surface area contributed by atoms with E-state index < -0.39 is 11.7 Å². The zero-order chi connectivity index (χ0) is 22.8. The lowest BCUT2D eigenvalue weighted by atomic mass is 10.1. The van der Waals surface area contributed by atoms with Crippen LogP contribution in [0, 0.1) is 0 Å². The first-order valence-electron chi connectivity index (χ1n) is 10.3. The third-order valence-corrected chi connectivity index (χ3v) is 5.31. The van der Waals surface area contributed by atoms with E-state index in [9.17, 15) is 13.2 Å². The summed E-state index contributed by atoms with van der Waals surface area (Å²) in [7, 11) is 0. The molecule has 33 heavy (non-hydrogen) atoms. The fourth-order valence-electron chi connectivity index (χ4n) is 3.58. The van der Waals surface area contributed by atoms with Crippen LogP contribution >= 0.6 is 0 Å². The number of piperazine rings is 1. The number of hydrogen-bond donors (Lipinski definition) is 0. The number of nitrogens with zero attached hydrogens (tertiary/aromatic N) is 6. The molecule has 0 saturated carbocycles. The molecule has 0 unspecified atom stereocenters. The lowest BCUT2D eigenvalue weighted by Gasteiger charge is -2.32. The van der Waals surface area contributed by atoms with Crippen LogP contribution in [0.5, 0.6) is 0 Å². The maximum atomic E-state index is 12.9. The molecule has 0 spiro atoms. The van der Waals surface area contributed by atoms with Crippen molar-refractivity contribution in [1.29, 1.82) is 0 Å². The Morgan fingerprint density at radius 1 is 0.818 bits per heavy atom. The molecule has 172 valence electrons. The summed E-state index contributed by atoms with van der Waals surface area (Å²) in [5, 5.41) is 7.78. The lowest BCUT2D eigenvalue weighted by Crippen LogP contribution is -2.45. The van der Waals surface area contributed by atoms with Gasteiger partial charge in [0, 0.05) is 31.7 Å². The predicted octanol–water partition coefficient (Wildman–Crippen LogP) is 3.72. The number of rotatable bonds is 6. The number of benzene rings is 1. The monoisotopic (exact) mass is 460 g/mol. The van der Waals surface area contributed by atoms with Gasteiger partial charge < -0.3 is 13.5 Å². The summed E-state index contributed by atoms with van der Waals surface area (Å²) in [5.41, 5.74) is -0.488. The third kappa shape index (κ3) is 4.96. The molecule has 0 bridgehead atoms. The average molecular weight is 460 g/mol. The molecule has 1 aliphatic heterocycles. The summed E-state index contributed by atoms with van der Waals surface area (Å²) in [6.07, 6.45) is -2.87. The van der Waals surface area contributed by atoms with Crippen LogP contribution in [0.25, 0.3) is 23.0 Å². The smallest absolute Gasteiger partial charge is 0.416 e. The van der Waals surface area contributed by atoms with Gasteiger partial charge in [0.15, 0.2) is 5.76 Å². The molecule has 0 aliphatic carbocycles. The van der Waals surface area contributed by atoms with E-state index in [0.717, 1.165) is 38.3 Å². The van der Waals surface area contributed by atoms with E-state index in [4.69, 9.17) is 13.5 Å². The number of aromatic nitrogens is 4. The van der Waals surface area contributed by atoms with Crippen LogP contribution < -0.4 is 0 Å². The molecule has 1 saturated heterocycles. The Labute approximate surface area is 185 Å². The highest BCUT2D eigenvalue weighted by Crippen LogP contribution is 2.31. The van der Waals surface area contributed by atoms with E-state index in [0.29, 0.717) is 36.5 Å². The van der Waals surface area contributed by atoms with Crippen molar-refractivity contribution in [2.75, 3.05) is 26.2 Å². The molecule has 0 atom stereocenters. The Bertz CT molecular complexity index is 1200. The van der Waals surface area contributed by atoms with E-state index >= 15 is 0 Å². The van der Waals surface area contributed by atoms with Crippen molar-refractivity contribution in [1.82, 2.24) is 30.1 Å². The molecule has 0 radical (unpaired) electrons. The second-order valence-corrected chi connectivity index (χ2v) is 7.63. The van der Waals surface area contributed by atoms with E-state index in [1.165, 1.54) is 12.1 Å². The minimum Gasteiger partial charge on any atom is -0.461 e. The first-order valence-corrected chi connectivity index (χ1v) is 10.3. The highest BCUT2D eigenvalue weighted by atomic mass is 19.4. The van der Waals surface area contributed by atoms with E-state index in [1.807, 2.05) is 0 Å². The summed E-state index contributed by atoms with van der Waals surface area (Å²) in [5.74, 6) is 1.98. The molecule has 0 N–H and O–H groups in total. The first-order chi connectivity index (χ1) is 15.9. The van der Waals surface area contributed by atoms with Gasteiger partial charge >= 0.3 is 6.18 Å². The molecule has 9 nitrogen and oxygen atoms in total. The van der Waals surface area contributed by atoms with Gasteiger partial charge in [0.1, 0.15) is 0 Å². The van der Waals surface area contributed by atoms with Crippen LogP contribution in [-0.4, -0.2) is 56.3 Å². The van der Waals surface area contributed by atoms with Crippen molar-refractivity contribution < 1.29 is 26.6 Å². The van der Waals surface area contributed by atoms with Crippen molar-refractivity contribution in [3.8, 4) is 23.0 Å². The van der Waals surface area contributed by atoms with Gasteiger partial charge in [-0.2, -0.15) is 23.1 Å². The minimum atomic E-state index is -4.43. The van der Waals surface area contributed by atoms with Crippen LogP contribution in [0.3, 0.4) is 0 Å². The number of halogens is 3. The molecule has 5 rings (SSSR count). The molecule has 3 aromatic heterocycles. The van der Waals surface area contributed by atoms with Crippen LogP contribution in [0.2, 0.25) is 0 Å². The molecule has 4 aromatic rings. The summed E-state index contributed by atoms with van der Waals surface area (Å²) in [4.78, 5) is 13.0. The predicted molar refractivity (Wildman–Crippen MR) is 107 cm³/mol. The van der Waals surface area contributed by atoms with Crippen molar-refractivity contribution in [2.45, 2.75) is 19.3 Å². The SMILES string of the molecule is FC(F)(F)c1cccc(-c2noc(CN3CCN(Cc4nc(-c5ccco5)no4)CC3)n2)c1. The minimum absolute atomic E-state index is 0.137. The summed E-state index contributed by atoms with van der Waals surface area (Å²) in [6.45, 7) is 3.99. The highest BCUT2D eigenvalue weighted by molar-refractivity contribution is 5.55. The third-order valence-electron chi connectivity index (χ3n) is 5.31. The maximum Gasteiger partial charge on any atom is 0.416 e. The topological polar surface area (TPSA) is 97.5 Å². The zero-order valence-corrected chi connectivity index (χ0v) is 17.3. The van der Waals surface area contributed by atoms with Gasteiger partial charge in [-0.1, -0.05) is 22.4 Å². The number of furan rings is 1. The zero-order valence-electron chi connectivity index (χ0n) is 17.3. The lowest BCUT2D eigenvalue weighted by molar-refractivity contribution is -0.137. The Morgan fingerprint density at radius 3 is 2.06 bits per heavy atom. The molecular formula is C21H19F3N6O3. The normalized spacial score (nSPS) is 15.8. The molecule has 4 heterocycles. The summed E-state index contributed by atoms with van der Waals surface area (Å²) < 4.78 is 54.7. The van der Waals surface area contributed by atoms with Gasteiger partial charge in [0.05, 0.1) is 24.9 Å². The fourth-order valence-corrected chi connectivity index (χ4v) is 3.58. The van der Waals surface area contributed by atoms with Gasteiger partial charge in [-0.25, -0.2) is 0 Å². The Hall–Kier alpha value is -3.51. The van der Waals surface area contributed by atoms with Crippen molar-refractivity contribution >= 4 is 0 Å². The van der Waals surface area contributed by atoms with Crippen LogP contribution in [0.1, 0.15) is 17.3 Å². The Kier molecular flexibility index (Phi) is 5.68.